The summed E-state index contributed by atoms with van der Waals surface area (Å²) < 4.78 is 6.39. The quantitative estimate of drug-likeness (QED) is 0.309. The molecule has 4 rings (SSSR count). The Labute approximate surface area is 194 Å². The highest BCUT2D eigenvalue weighted by Crippen LogP contribution is 2.39. The predicted octanol–water partition coefficient (Wildman–Crippen LogP) is 6.17. The van der Waals surface area contributed by atoms with Gasteiger partial charge in [0.05, 0.1) is 0 Å². The second-order valence-corrected chi connectivity index (χ2v) is 8.82. The van der Waals surface area contributed by atoms with Crippen LogP contribution in [0.3, 0.4) is 0 Å². The van der Waals surface area contributed by atoms with Gasteiger partial charge in [-0.2, -0.15) is 4.98 Å². The van der Waals surface area contributed by atoms with Crippen LogP contribution in [-0.2, 0) is 0 Å². The number of nitrogens with zero attached hydrogens (tertiary/aromatic N) is 4. The number of ether oxygens (including phenoxy) is 1. The van der Waals surface area contributed by atoms with E-state index in [9.17, 15) is 0 Å². The lowest BCUT2D eigenvalue weighted by Gasteiger charge is -2.23. The van der Waals surface area contributed by atoms with E-state index in [1.165, 1.54) is 18.5 Å². The zero-order chi connectivity index (χ0) is 22.3. The molecule has 0 amide bonds. The van der Waals surface area contributed by atoms with E-state index in [2.05, 4.69) is 65.5 Å². The molecule has 32 heavy (non-hydrogen) atoms. The lowest BCUT2D eigenvalue weighted by molar-refractivity contribution is 0.225. The van der Waals surface area contributed by atoms with Crippen molar-refractivity contribution in [1.29, 1.82) is 0 Å². The molecule has 0 fully saturated rings. The number of aromatic nitrogens is 3. The summed E-state index contributed by atoms with van der Waals surface area (Å²) in [6.45, 7) is 8.52. The maximum atomic E-state index is 6.39. The van der Waals surface area contributed by atoms with Crippen LogP contribution in [0, 0.1) is 0 Å². The molecule has 0 aliphatic carbocycles. The molecule has 0 bridgehead atoms. The van der Waals surface area contributed by atoms with E-state index < -0.39 is 0 Å². The fraction of sp³-hybridized carbons (Fsp3) is 0.400. The van der Waals surface area contributed by atoms with Gasteiger partial charge in [-0.3, -0.25) is 0 Å². The monoisotopic (exact) mass is 449 g/mol. The Morgan fingerprint density at radius 2 is 1.75 bits per heavy atom. The summed E-state index contributed by atoms with van der Waals surface area (Å²) in [6.07, 6.45) is 3.20. The lowest BCUT2D eigenvalue weighted by Crippen LogP contribution is -2.22. The normalized spacial score (nSPS) is 14.5. The Balaban J connectivity index is 1.63. The Kier molecular flexibility index (Phi) is 7.47. The number of unbranched alkanes of at least 4 members (excludes halogenated alkanes) is 2. The van der Waals surface area contributed by atoms with Gasteiger partial charge in [-0.1, -0.05) is 61.9 Å². The molecular weight excluding hydrogens is 418 g/mol. The number of benzene rings is 2. The Morgan fingerprint density at radius 1 is 0.969 bits per heavy atom. The second-order valence-electron chi connectivity index (χ2n) is 7.76. The van der Waals surface area contributed by atoms with Gasteiger partial charge in [0.2, 0.25) is 11.0 Å². The first-order valence-corrected chi connectivity index (χ1v) is 12.5. The molecule has 0 saturated carbocycles. The number of hydrogen-bond acceptors (Lipinski definition) is 7. The Bertz CT molecular complexity index is 1020. The molecule has 0 spiro atoms. The van der Waals surface area contributed by atoms with Crippen molar-refractivity contribution in [1.82, 2.24) is 15.2 Å². The van der Waals surface area contributed by atoms with Gasteiger partial charge >= 0.3 is 0 Å². The third-order valence-corrected chi connectivity index (χ3v) is 6.56. The highest BCUT2D eigenvalue weighted by atomic mass is 32.2. The molecule has 0 saturated heterocycles. The summed E-state index contributed by atoms with van der Waals surface area (Å²) in [4.78, 5) is 7.07. The van der Waals surface area contributed by atoms with Crippen molar-refractivity contribution < 1.29 is 4.74 Å². The van der Waals surface area contributed by atoms with Crippen LogP contribution in [0.15, 0.2) is 53.7 Å². The minimum Gasteiger partial charge on any atom is -0.448 e. The smallest absolute Gasteiger partial charge is 0.247 e. The standard InChI is InChI=1S/C25H31N5OS/c1-4-7-10-17-32-25-27-24-22(28-29-25)20-11-8-9-12-21(20)26-23(31-24)18-13-15-19(16-14-18)30(5-2)6-3/h8-9,11-16,23,26H,4-7,10,17H2,1-3H3/t23-/m1/s1. The van der Waals surface area contributed by atoms with E-state index in [1.807, 2.05) is 24.3 Å². The van der Waals surface area contributed by atoms with Gasteiger partial charge in [-0.15, -0.1) is 10.2 Å². The fourth-order valence-electron chi connectivity index (χ4n) is 3.82. The zero-order valence-corrected chi connectivity index (χ0v) is 19.9. The first-order chi connectivity index (χ1) is 15.7. The molecule has 1 aliphatic heterocycles. The van der Waals surface area contributed by atoms with Crippen LogP contribution in [0.4, 0.5) is 11.4 Å². The maximum absolute atomic E-state index is 6.39. The number of anilines is 2. The largest absolute Gasteiger partial charge is 0.448 e. The van der Waals surface area contributed by atoms with Crippen LogP contribution in [-0.4, -0.2) is 34.0 Å². The molecule has 2 heterocycles. The topological polar surface area (TPSA) is 63.2 Å². The number of thioether (sulfide) groups is 1. The Morgan fingerprint density at radius 3 is 2.50 bits per heavy atom. The van der Waals surface area contributed by atoms with Crippen molar-refractivity contribution in [2.75, 3.05) is 29.1 Å². The summed E-state index contributed by atoms with van der Waals surface area (Å²) in [5.41, 5.74) is 4.84. The molecule has 1 N–H and O–H groups in total. The van der Waals surface area contributed by atoms with Crippen molar-refractivity contribution in [2.45, 2.75) is 51.4 Å². The minimum atomic E-state index is -0.363. The molecule has 1 atom stereocenters. The minimum absolute atomic E-state index is 0.363. The summed E-state index contributed by atoms with van der Waals surface area (Å²) in [5, 5.41) is 13.1. The average Bonchev–Trinajstić information content (AvgIpc) is 2.99. The van der Waals surface area contributed by atoms with Gasteiger partial charge in [0, 0.05) is 41.3 Å². The van der Waals surface area contributed by atoms with Crippen molar-refractivity contribution in [3.63, 3.8) is 0 Å². The molecule has 1 aliphatic rings. The van der Waals surface area contributed by atoms with Gasteiger partial charge in [0.15, 0.2) is 11.9 Å². The fourth-order valence-corrected chi connectivity index (χ4v) is 4.60. The predicted molar refractivity (Wildman–Crippen MR) is 133 cm³/mol. The molecule has 0 unspecified atom stereocenters. The summed E-state index contributed by atoms with van der Waals surface area (Å²) in [5.74, 6) is 1.51. The summed E-state index contributed by atoms with van der Waals surface area (Å²) >= 11 is 1.64. The zero-order valence-electron chi connectivity index (χ0n) is 19.0. The first-order valence-electron chi connectivity index (χ1n) is 11.5. The SMILES string of the molecule is CCCCCSc1nnc2c(n1)O[C@H](c1ccc(N(CC)CC)cc1)Nc1ccccc1-2. The molecule has 6 nitrogen and oxygen atoms in total. The number of fused-ring (bicyclic) bond motifs is 3. The van der Waals surface area contributed by atoms with Crippen molar-refractivity contribution in [3.8, 4) is 17.1 Å². The molecule has 7 heteroatoms. The van der Waals surface area contributed by atoms with Crippen molar-refractivity contribution >= 4 is 23.1 Å². The van der Waals surface area contributed by atoms with Gasteiger partial charge in [-0.05, 0) is 38.5 Å². The maximum Gasteiger partial charge on any atom is 0.247 e. The second kappa shape index (κ2) is 10.7. The molecule has 2 aromatic carbocycles. The third-order valence-electron chi connectivity index (χ3n) is 5.64. The summed E-state index contributed by atoms with van der Waals surface area (Å²) in [7, 11) is 0. The van der Waals surface area contributed by atoms with E-state index in [-0.39, 0.29) is 6.23 Å². The van der Waals surface area contributed by atoms with Crippen molar-refractivity contribution in [3.05, 3.63) is 54.1 Å². The van der Waals surface area contributed by atoms with Gasteiger partial charge < -0.3 is 15.0 Å². The van der Waals surface area contributed by atoms with Crippen LogP contribution in [0.25, 0.3) is 11.3 Å². The highest BCUT2D eigenvalue weighted by molar-refractivity contribution is 7.99. The van der Waals surface area contributed by atoms with E-state index in [0.717, 1.165) is 42.1 Å². The lowest BCUT2D eigenvalue weighted by atomic mass is 10.1. The van der Waals surface area contributed by atoms with E-state index in [4.69, 9.17) is 9.72 Å². The Hall–Kier alpha value is -2.80. The number of nitrogens with one attached hydrogen (secondary N) is 1. The first kappa shape index (κ1) is 22.4. The molecule has 1 aromatic heterocycles. The highest BCUT2D eigenvalue weighted by Gasteiger charge is 2.26. The van der Waals surface area contributed by atoms with Crippen LogP contribution < -0.4 is 15.0 Å². The van der Waals surface area contributed by atoms with Gasteiger partial charge in [0.25, 0.3) is 0 Å². The molecular formula is C25H31N5OS. The molecule has 3 aromatic rings. The molecule has 0 radical (unpaired) electrons. The van der Waals surface area contributed by atoms with E-state index in [1.54, 1.807) is 11.8 Å². The third kappa shape index (κ3) is 4.99. The van der Waals surface area contributed by atoms with Crippen LogP contribution in [0.1, 0.15) is 51.8 Å². The summed E-state index contributed by atoms with van der Waals surface area (Å²) in [6, 6.07) is 16.6. The number of hydrogen-bond donors (Lipinski definition) is 1. The van der Waals surface area contributed by atoms with Crippen LogP contribution in [0.2, 0.25) is 0 Å². The van der Waals surface area contributed by atoms with Gasteiger partial charge in [-0.25, -0.2) is 0 Å². The number of para-hydroxylation sites is 1. The van der Waals surface area contributed by atoms with Gasteiger partial charge in [0.1, 0.15) is 0 Å². The van der Waals surface area contributed by atoms with Crippen LogP contribution in [0.5, 0.6) is 5.88 Å². The average molecular weight is 450 g/mol. The molecule has 168 valence electrons. The number of rotatable bonds is 9. The van der Waals surface area contributed by atoms with Crippen molar-refractivity contribution in [2.24, 2.45) is 0 Å². The van der Waals surface area contributed by atoms with Crippen LogP contribution >= 0.6 is 11.8 Å². The van der Waals surface area contributed by atoms with E-state index in [0.29, 0.717) is 16.7 Å². The van der Waals surface area contributed by atoms with E-state index >= 15 is 0 Å².